The largest absolute Gasteiger partial charge is 0.507 e. The van der Waals surface area contributed by atoms with E-state index in [2.05, 4.69) is 10.6 Å². The number of amides is 2. The minimum atomic E-state index is -0.769. The van der Waals surface area contributed by atoms with Gasteiger partial charge in [0.25, 0.3) is 0 Å². The van der Waals surface area contributed by atoms with Gasteiger partial charge in [-0.3, -0.25) is 10.1 Å². The average Bonchev–Trinajstić information content (AvgIpc) is 2.90. The van der Waals surface area contributed by atoms with E-state index in [0.29, 0.717) is 39.0 Å². The summed E-state index contributed by atoms with van der Waals surface area (Å²) in [5.41, 5.74) is 8.42. The van der Waals surface area contributed by atoms with Crippen molar-refractivity contribution in [3.63, 3.8) is 0 Å². The summed E-state index contributed by atoms with van der Waals surface area (Å²) in [4.78, 5) is 25.2. The van der Waals surface area contributed by atoms with Crippen molar-refractivity contribution in [2.75, 3.05) is 16.4 Å². The second-order valence-electron chi connectivity index (χ2n) is 8.14. The summed E-state index contributed by atoms with van der Waals surface area (Å²) >= 11 is 0. The van der Waals surface area contributed by atoms with Crippen LogP contribution in [0.25, 0.3) is 10.8 Å². The Labute approximate surface area is 213 Å². The summed E-state index contributed by atoms with van der Waals surface area (Å²) in [5.74, 6) is -0.273. The monoisotopic (exact) mass is 492 g/mol. The SMILES string of the molecule is N#Cc1ccc(NC(=O)O[C@@H](C/C=C/C(=O)Nc2ccccc2N)c2ccc(O)c3ccccc23)cc1. The number of nitrogens with zero attached hydrogens (tertiary/aromatic N) is 1. The Kier molecular flexibility index (Phi) is 7.66. The highest BCUT2D eigenvalue weighted by molar-refractivity contribution is 6.01. The number of hydrogen-bond donors (Lipinski definition) is 4. The molecule has 0 aliphatic heterocycles. The molecule has 0 saturated heterocycles. The van der Waals surface area contributed by atoms with Crippen LogP contribution in [0.3, 0.4) is 0 Å². The molecule has 0 heterocycles. The fraction of sp³-hybridized carbons (Fsp3) is 0.0690. The van der Waals surface area contributed by atoms with Gasteiger partial charge in [0.1, 0.15) is 11.9 Å². The summed E-state index contributed by atoms with van der Waals surface area (Å²) in [6, 6.07) is 25.8. The first kappa shape index (κ1) is 24.8. The Balaban J connectivity index is 1.55. The molecule has 0 aliphatic carbocycles. The van der Waals surface area contributed by atoms with Crippen LogP contribution in [0, 0.1) is 11.3 Å². The number of rotatable bonds is 7. The fourth-order valence-electron chi connectivity index (χ4n) is 3.81. The lowest BCUT2D eigenvalue weighted by Gasteiger charge is -2.20. The van der Waals surface area contributed by atoms with Crippen LogP contribution >= 0.6 is 0 Å². The summed E-state index contributed by atoms with van der Waals surface area (Å²) < 4.78 is 5.76. The molecule has 0 spiro atoms. The van der Waals surface area contributed by atoms with E-state index in [0.717, 1.165) is 0 Å². The van der Waals surface area contributed by atoms with Crippen LogP contribution in [0.2, 0.25) is 0 Å². The van der Waals surface area contributed by atoms with Gasteiger partial charge >= 0.3 is 6.09 Å². The van der Waals surface area contributed by atoms with E-state index in [-0.39, 0.29) is 18.1 Å². The first-order valence-corrected chi connectivity index (χ1v) is 11.4. The predicted molar refractivity (Wildman–Crippen MR) is 143 cm³/mol. The minimum absolute atomic E-state index is 0.107. The number of carbonyl (C=O) groups is 2. The molecule has 0 saturated carbocycles. The van der Waals surface area contributed by atoms with E-state index in [4.69, 9.17) is 15.7 Å². The number of carbonyl (C=O) groups excluding carboxylic acids is 2. The van der Waals surface area contributed by atoms with Crippen LogP contribution in [0.4, 0.5) is 21.9 Å². The van der Waals surface area contributed by atoms with Gasteiger partial charge < -0.3 is 20.9 Å². The molecule has 8 heteroatoms. The first-order chi connectivity index (χ1) is 17.9. The maximum atomic E-state index is 12.8. The van der Waals surface area contributed by atoms with Crippen molar-refractivity contribution in [1.82, 2.24) is 0 Å². The highest BCUT2D eigenvalue weighted by atomic mass is 16.6. The molecule has 0 bridgehead atoms. The molecule has 37 heavy (non-hydrogen) atoms. The van der Waals surface area contributed by atoms with Gasteiger partial charge in [-0.25, -0.2) is 4.79 Å². The summed E-state index contributed by atoms with van der Waals surface area (Å²) in [7, 11) is 0. The molecule has 0 aliphatic rings. The van der Waals surface area contributed by atoms with Crippen molar-refractivity contribution in [3.8, 4) is 11.8 Å². The average molecular weight is 493 g/mol. The maximum Gasteiger partial charge on any atom is 0.412 e. The number of nitrogens with one attached hydrogen (secondary N) is 2. The molecule has 8 nitrogen and oxygen atoms in total. The lowest BCUT2D eigenvalue weighted by molar-refractivity contribution is -0.111. The topological polar surface area (TPSA) is 137 Å². The van der Waals surface area contributed by atoms with Crippen molar-refractivity contribution in [2.45, 2.75) is 12.5 Å². The summed E-state index contributed by atoms with van der Waals surface area (Å²) in [6.07, 6.45) is 1.67. The Morgan fingerprint density at radius 1 is 0.946 bits per heavy atom. The standard InChI is InChI=1S/C29H24N4O4/c30-18-19-12-14-20(15-13-19)32-29(36)37-27(23-16-17-26(34)22-7-2-1-6-21(22)23)10-5-11-28(35)33-25-9-4-3-8-24(25)31/h1-9,11-17,27,34H,10,31H2,(H,32,36)(H,33,35)/b11-5+/t27-/m0/s1. The third-order valence-corrected chi connectivity index (χ3v) is 5.63. The van der Waals surface area contributed by atoms with Crippen molar-refractivity contribution in [2.24, 2.45) is 0 Å². The van der Waals surface area contributed by atoms with Crippen molar-refractivity contribution >= 4 is 39.8 Å². The first-order valence-electron chi connectivity index (χ1n) is 11.4. The highest BCUT2D eigenvalue weighted by Crippen LogP contribution is 2.34. The zero-order valence-corrected chi connectivity index (χ0v) is 19.7. The lowest BCUT2D eigenvalue weighted by atomic mass is 9.97. The third-order valence-electron chi connectivity index (χ3n) is 5.63. The molecule has 0 radical (unpaired) electrons. The summed E-state index contributed by atoms with van der Waals surface area (Å²) in [5, 5.41) is 25.9. The Bertz CT molecular complexity index is 1510. The summed E-state index contributed by atoms with van der Waals surface area (Å²) in [6.45, 7) is 0. The van der Waals surface area contributed by atoms with Crippen molar-refractivity contribution in [3.05, 3.63) is 108 Å². The molecule has 2 amide bonds. The number of phenolic OH excluding ortho intramolecular Hbond substituents is 1. The number of aromatic hydroxyl groups is 1. The number of phenols is 1. The molecule has 4 aromatic carbocycles. The van der Waals surface area contributed by atoms with E-state index in [1.54, 1.807) is 78.9 Å². The van der Waals surface area contributed by atoms with Gasteiger partial charge in [-0.1, -0.05) is 48.5 Å². The van der Waals surface area contributed by atoms with Gasteiger partial charge in [0.15, 0.2) is 0 Å². The van der Waals surface area contributed by atoms with E-state index in [1.165, 1.54) is 6.08 Å². The molecule has 4 aromatic rings. The second-order valence-corrected chi connectivity index (χ2v) is 8.14. The van der Waals surface area contributed by atoms with Crippen LogP contribution in [-0.2, 0) is 9.53 Å². The number of hydrogen-bond acceptors (Lipinski definition) is 6. The molecule has 184 valence electrons. The molecule has 0 aromatic heterocycles. The Morgan fingerprint density at radius 3 is 2.38 bits per heavy atom. The zero-order valence-electron chi connectivity index (χ0n) is 19.7. The van der Waals surface area contributed by atoms with Gasteiger partial charge in [-0.2, -0.15) is 5.26 Å². The molecule has 0 fully saturated rings. The minimum Gasteiger partial charge on any atom is -0.507 e. The normalized spacial score (nSPS) is 11.5. The van der Waals surface area contributed by atoms with Crippen LogP contribution < -0.4 is 16.4 Å². The number of benzene rings is 4. The van der Waals surface area contributed by atoms with Gasteiger partial charge in [-0.05, 0) is 53.9 Å². The number of ether oxygens (including phenoxy) is 1. The Morgan fingerprint density at radius 2 is 1.65 bits per heavy atom. The molecular formula is C29H24N4O4. The van der Waals surface area contributed by atoms with Crippen molar-refractivity contribution in [1.29, 1.82) is 5.26 Å². The third kappa shape index (κ3) is 6.24. The van der Waals surface area contributed by atoms with Crippen LogP contribution in [0.5, 0.6) is 5.75 Å². The van der Waals surface area contributed by atoms with Gasteiger partial charge in [0.05, 0.1) is 23.0 Å². The number of nitrogens with two attached hydrogens (primary N) is 1. The number of nitriles is 1. The van der Waals surface area contributed by atoms with E-state index in [9.17, 15) is 14.7 Å². The lowest BCUT2D eigenvalue weighted by Crippen LogP contribution is -2.18. The fourth-order valence-corrected chi connectivity index (χ4v) is 3.81. The molecule has 0 unspecified atom stereocenters. The quantitative estimate of drug-likeness (QED) is 0.188. The molecule has 5 N–H and O–H groups in total. The molecule has 4 rings (SSSR count). The predicted octanol–water partition coefficient (Wildman–Crippen LogP) is 5.87. The second kappa shape index (κ2) is 11.4. The van der Waals surface area contributed by atoms with Gasteiger partial charge in [0.2, 0.25) is 5.91 Å². The van der Waals surface area contributed by atoms with E-state index >= 15 is 0 Å². The van der Waals surface area contributed by atoms with Crippen molar-refractivity contribution < 1.29 is 19.4 Å². The number of para-hydroxylation sites is 2. The molecule has 1 atom stereocenters. The van der Waals surface area contributed by atoms with Crippen LogP contribution in [0.15, 0.2) is 97.1 Å². The molecular weight excluding hydrogens is 468 g/mol. The zero-order chi connectivity index (χ0) is 26.2. The van der Waals surface area contributed by atoms with E-state index < -0.39 is 12.2 Å². The van der Waals surface area contributed by atoms with Crippen LogP contribution in [0.1, 0.15) is 23.7 Å². The maximum absolute atomic E-state index is 12.8. The van der Waals surface area contributed by atoms with Gasteiger partial charge in [0, 0.05) is 23.1 Å². The highest BCUT2D eigenvalue weighted by Gasteiger charge is 2.19. The van der Waals surface area contributed by atoms with E-state index in [1.807, 2.05) is 18.2 Å². The van der Waals surface area contributed by atoms with Crippen LogP contribution in [-0.4, -0.2) is 17.1 Å². The smallest absolute Gasteiger partial charge is 0.412 e. The Hall–Kier alpha value is -5.29. The number of anilines is 3. The van der Waals surface area contributed by atoms with Gasteiger partial charge in [-0.15, -0.1) is 0 Å². The number of fused-ring (bicyclic) bond motifs is 1. The number of nitrogen functional groups attached to an aromatic ring is 1.